The smallest absolute Gasteiger partial charge is 0.257 e. The summed E-state index contributed by atoms with van der Waals surface area (Å²) >= 11 is 6.03. The first-order valence-electron chi connectivity index (χ1n) is 5.55. The van der Waals surface area contributed by atoms with E-state index in [2.05, 4.69) is 5.32 Å². The van der Waals surface area contributed by atoms with Crippen molar-refractivity contribution in [3.8, 4) is 5.75 Å². The third-order valence-electron chi connectivity index (χ3n) is 2.16. The molecule has 1 rings (SSSR count). The number of carbonyl (C=O) groups excluding carboxylic acids is 1. The number of halogens is 1. The Morgan fingerprint density at radius 3 is 2.88 bits per heavy atom. The van der Waals surface area contributed by atoms with Gasteiger partial charge in [0, 0.05) is 6.54 Å². The zero-order valence-electron chi connectivity index (χ0n) is 9.83. The zero-order valence-corrected chi connectivity index (χ0v) is 10.6. The van der Waals surface area contributed by atoms with Gasteiger partial charge in [0.15, 0.2) is 6.61 Å². The SMILES string of the molecule is CCNC(=O)COc1ccc(CCN)cc1Cl. The molecule has 0 atom stereocenters. The Morgan fingerprint density at radius 2 is 2.29 bits per heavy atom. The van der Waals surface area contributed by atoms with E-state index in [9.17, 15) is 4.79 Å². The fraction of sp³-hybridized carbons (Fsp3) is 0.417. The summed E-state index contributed by atoms with van der Waals surface area (Å²) in [5.74, 6) is 0.355. The lowest BCUT2D eigenvalue weighted by Crippen LogP contribution is -2.28. The number of rotatable bonds is 6. The van der Waals surface area contributed by atoms with Gasteiger partial charge in [-0.05, 0) is 37.6 Å². The Labute approximate surface area is 106 Å². The normalized spacial score (nSPS) is 10.1. The van der Waals surface area contributed by atoms with Crippen LogP contribution in [0.2, 0.25) is 5.02 Å². The van der Waals surface area contributed by atoms with Crippen LogP contribution in [0.15, 0.2) is 18.2 Å². The molecule has 17 heavy (non-hydrogen) atoms. The van der Waals surface area contributed by atoms with Gasteiger partial charge in [0.05, 0.1) is 5.02 Å². The Bertz CT molecular complexity index is 383. The van der Waals surface area contributed by atoms with Crippen LogP contribution in [0.25, 0.3) is 0 Å². The van der Waals surface area contributed by atoms with E-state index in [4.69, 9.17) is 22.1 Å². The van der Waals surface area contributed by atoms with Crippen LogP contribution >= 0.6 is 11.6 Å². The molecule has 0 aliphatic heterocycles. The molecule has 0 aliphatic rings. The fourth-order valence-electron chi connectivity index (χ4n) is 1.38. The van der Waals surface area contributed by atoms with Crippen LogP contribution in [0.4, 0.5) is 0 Å². The fourth-order valence-corrected chi connectivity index (χ4v) is 1.63. The van der Waals surface area contributed by atoms with Gasteiger partial charge in [0.2, 0.25) is 0 Å². The van der Waals surface area contributed by atoms with Gasteiger partial charge in [0.1, 0.15) is 5.75 Å². The standard InChI is InChI=1S/C12H17ClN2O2/c1-2-15-12(16)8-17-11-4-3-9(5-6-14)7-10(11)13/h3-4,7H,2,5-6,8,14H2,1H3,(H,15,16). The Hall–Kier alpha value is -1.26. The van der Waals surface area contributed by atoms with E-state index in [0.29, 0.717) is 23.9 Å². The molecule has 0 radical (unpaired) electrons. The summed E-state index contributed by atoms with van der Waals surface area (Å²) in [6, 6.07) is 5.46. The number of amides is 1. The number of nitrogens with one attached hydrogen (secondary N) is 1. The van der Waals surface area contributed by atoms with Crippen molar-refractivity contribution < 1.29 is 9.53 Å². The quantitative estimate of drug-likeness (QED) is 0.808. The van der Waals surface area contributed by atoms with E-state index < -0.39 is 0 Å². The van der Waals surface area contributed by atoms with Crippen molar-refractivity contribution in [2.75, 3.05) is 19.7 Å². The predicted molar refractivity (Wildman–Crippen MR) is 68.4 cm³/mol. The first kappa shape index (κ1) is 13.8. The summed E-state index contributed by atoms with van der Waals surface area (Å²) in [4.78, 5) is 11.2. The number of carbonyl (C=O) groups is 1. The van der Waals surface area contributed by atoms with Gasteiger partial charge < -0.3 is 15.8 Å². The molecule has 0 bridgehead atoms. The molecule has 0 aliphatic carbocycles. The third kappa shape index (κ3) is 4.63. The minimum Gasteiger partial charge on any atom is -0.482 e. The molecule has 0 fully saturated rings. The van der Waals surface area contributed by atoms with Crippen molar-refractivity contribution in [3.63, 3.8) is 0 Å². The van der Waals surface area contributed by atoms with Gasteiger partial charge in [-0.15, -0.1) is 0 Å². The van der Waals surface area contributed by atoms with Crippen LogP contribution in [0.5, 0.6) is 5.75 Å². The van der Waals surface area contributed by atoms with E-state index in [1.165, 1.54) is 0 Å². The molecule has 1 aromatic carbocycles. The Balaban J connectivity index is 2.57. The van der Waals surface area contributed by atoms with E-state index >= 15 is 0 Å². The molecule has 0 saturated heterocycles. The maximum atomic E-state index is 11.2. The van der Waals surface area contributed by atoms with Crippen LogP contribution in [0, 0.1) is 0 Å². The van der Waals surface area contributed by atoms with E-state index in [1.54, 1.807) is 6.07 Å². The second-order valence-corrected chi connectivity index (χ2v) is 3.95. The number of hydrogen-bond donors (Lipinski definition) is 2. The lowest BCUT2D eigenvalue weighted by molar-refractivity contribution is -0.122. The van der Waals surface area contributed by atoms with Gasteiger partial charge in [-0.1, -0.05) is 17.7 Å². The molecule has 94 valence electrons. The first-order valence-corrected chi connectivity index (χ1v) is 5.93. The number of ether oxygens (including phenoxy) is 1. The highest BCUT2D eigenvalue weighted by Crippen LogP contribution is 2.25. The summed E-state index contributed by atoms with van der Waals surface area (Å²) in [6.45, 7) is 3.00. The summed E-state index contributed by atoms with van der Waals surface area (Å²) in [5.41, 5.74) is 6.51. The molecule has 1 amide bonds. The van der Waals surface area contributed by atoms with Crippen molar-refractivity contribution in [2.45, 2.75) is 13.3 Å². The lowest BCUT2D eigenvalue weighted by Gasteiger charge is -2.09. The topological polar surface area (TPSA) is 64.3 Å². The highest BCUT2D eigenvalue weighted by molar-refractivity contribution is 6.32. The monoisotopic (exact) mass is 256 g/mol. The second-order valence-electron chi connectivity index (χ2n) is 3.55. The maximum Gasteiger partial charge on any atom is 0.257 e. The minimum absolute atomic E-state index is 0.0240. The third-order valence-corrected chi connectivity index (χ3v) is 2.46. The van der Waals surface area contributed by atoms with Gasteiger partial charge in [-0.3, -0.25) is 4.79 Å². The van der Waals surface area contributed by atoms with Gasteiger partial charge in [0.25, 0.3) is 5.91 Å². The zero-order chi connectivity index (χ0) is 12.7. The van der Waals surface area contributed by atoms with Crippen molar-refractivity contribution >= 4 is 17.5 Å². The van der Waals surface area contributed by atoms with Crippen LogP contribution in [-0.2, 0) is 11.2 Å². The summed E-state index contributed by atoms with van der Waals surface area (Å²) in [6.07, 6.45) is 0.774. The summed E-state index contributed by atoms with van der Waals surface area (Å²) < 4.78 is 5.31. The molecule has 0 heterocycles. The average molecular weight is 257 g/mol. The molecule has 0 aromatic heterocycles. The molecule has 0 saturated carbocycles. The van der Waals surface area contributed by atoms with Crippen LogP contribution < -0.4 is 15.8 Å². The van der Waals surface area contributed by atoms with Crippen molar-refractivity contribution in [2.24, 2.45) is 5.73 Å². The predicted octanol–water partition coefficient (Wildman–Crippen LogP) is 1.36. The van der Waals surface area contributed by atoms with Gasteiger partial charge >= 0.3 is 0 Å². The lowest BCUT2D eigenvalue weighted by atomic mass is 10.1. The molecular formula is C12H17ClN2O2. The van der Waals surface area contributed by atoms with Crippen molar-refractivity contribution in [1.29, 1.82) is 0 Å². The number of hydrogen-bond acceptors (Lipinski definition) is 3. The molecule has 1 aromatic rings. The number of likely N-dealkylation sites (N-methyl/N-ethyl adjacent to an activating group) is 1. The summed E-state index contributed by atoms with van der Waals surface area (Å²) in [7, 11) is 0. The van der Waals surface area contributed by atoms with Crippen LogP contribution in [-0.4, -0.2) is 25.6 Å². The highest BCUT2D eigenvalue weighted by Gasteiger charge is 2.05. The number of nitrogens with two attached hydrogens (primary N) is 1. The number of benzene rings is 1. The molecule has 0 spiro atoms. The largest absolute Gasteiger partial charge is 0.482 e. The Kier molecular flexibility index (Phi) is 5.80. The molecule has 4 nitrogen and oxygen atoms in total. The highest BCUT2D eigenvalue weighted by atomic mass is 35.5. The second kappa shape index (κ2) is 7.14. The molecular weight excluding hydrogens is 240 g/mol. The summed E-state index contributed by atoms with van der Waals surface area (Å²) in [5, 5.41) is 3.14. The van der Waals surface area contributed by atoms with E-state index in [-0.39, 0.29) is 12.5 Å². The maximum absolute atomic E-state index is 11.2. The van der Waals surface area contributed by atoms with Crippen molar-refractivity contribution in [3.05, 3.63) is 28.8 Å². The minimum atomic E-state index is -0.158. The van der Waals surface area contributed by atoms with Gasteiger partial charge in [-0.25, -0.2) is 0 Å². The molecule has 0 unspecified atom stereocenters. The van der Waals surface area contributed by atoms with E-state index in [1.807, 2.05) is 19.1 Å². The van der Waals surface area contributed by atoms with E-state index in [0.717, 1.165) is 12.0 Å². The van der Waals surface area contributed by atoms with Crippen LogP contribution in [0.3, 0.4) is 0 Å². The van der Waals surface area contributed by atoms with Crippen LogP contribution in [0.1, 0.15) is 12.5 Å². The molecule has 5 heteroatoms. The molecule has 3 N–H and O–H groups in total. The first-order chi connectivity index (χ1) is 8.17. The average Bonchev–Trinajstić information content (AvgIpc) is 2.29. The van der Waals surface area contributed by atoms with Gasteiger partial charge in [-0.2, -0.15) is 0 Å². The Morgan fingerprint density at radius 1 is 1.53 bits per heavy atom. The van der Waals surface area contributed by atoms with Crippen molar-refractivity contribution in [1.82, 2.24) is 5.32 Å².